The number of carbonyl (C=O) groups excluding carboxylic acids is 1. The molecule has 0 fully saturated rings. The molecule has 0 aliphatic heterocycles. The molecule has 0 saturated carbocycles. The Morgan fingerprint density at radius 3 is 2.31 bits per heavy atom. The van der Waals surface area contributed by atoms with Crippen LogP contribution in [-0.4, -0.2) is 29.8 Å². The van der Waals surface area contributed by atoms with Crippen molar-refractivity contribution < 1.29 is 4.79 Å². The highest BCUT2D eigenvalue weighted by Crippen LogP contribution is 2.08. The van der Waals surface area contributed by atoms with Crippen molar-refractivity contribution in [1.82, 2.24) is 4.90 Å². The Morgan fingerprint density at radius 1 is 1.19 bits per heavy atom. The molecule has 96 valence electrons. The second-order valence-electron chi connectivity index (χ2n) is 4.57. The monoisotopic (exact) mass is 247 g/mol. The molecule has 0 bridgehead atoms. The summed E-state index contributed by atoms with van der Waals surface area (Å²) in [5, 5.41) is 0.0403. The summed E-state index contributed by atoms with van der Waals surface area (Å²) >= 11 is 5.84. The Hall–Kier alpha value is -0.240. The van der Waals surface area contributed by atoms with Gasteiger partial charge in [-0.25, -0.2) is 0 Å². The summed E-state index contributed by atoms with van der Waals surface area (Å²) in [4.78, 5) is 13.4. The van der Waals surface area contributed by atoms with Crippen molar-refractivity contribution in [2.24, 2.45) is 0 Å². The average molecular weight is 248 g/mol. The van der Waals surface area contributed by atoms with Crippen molar-refractivity contribution in [2.75, 3.05) is 13.6 Å². The lowest BCUT2D eigenvalue weighted by molar-refractivity contribution is -0.130. The van der Waals surface area contributed by atoms with Crippen molar-refractivity contribution in [2.45, 2.75) is 64.2 Å². The molecule has 16 heavy (non-hydrogen) atoms. The van der Waals surface area contributed by atoms with Crippen LogP contribution in [0.25, 0.3) is 0 Å². The number of carbonyl (C=O) groups is 1. The summed E-state index contributed by atoms with van der Waals surface area (Å²) in [5.74, 6) is 0.225. The minimum absolute atomic E-state index is 0.0403. The molecule has 0 aromatic rings. The number of halogens is 1. The van der Waals surface area contributed by atoms with Crippen molar-refractivity contribution in [3.8, 4) is 0 Å². The number of amides is 1. The van der Waals surface area contributed by atoms with Crippen LogP contribution in [0.2, 0.25) is 0 Å². The second kappa shape index (κ2) is 9.95. The Kier molecular flexibility index (Phi) is 9.80. The first-order valence-corrected chi connectivity index (χ1v) is 6.89. The molecule has 0 rings (SSSR count). The zero-order valence-electron chi connectivity index (χ0n) is 11.0. The largest absolute Gasteiger partial charge is 0.344 e. The fraction of sp³-hybridized carbons (Fsp3) is 0.923. The van der Waals surface area contributed by atoms with E-state index in [4.69, 9.17) is 11.6 Å². The number of unbranched alkanes of at least 4 members (excludes halogenated alkanes) is 5. The third-order valence-corrected chi connectivity index (χ3v) is 2.83. The van der Waals surface area contributed by atoms with Gasteiger partial charge in [0.05, 0.1) is 0 Å². The van der Waals surface area contributed by atoms with E-state index in [0.29, 0.717) is 13.0 Å². The molecule has 0 heterocycles. The van der Waals surface area contributed by atoms with Crippen LogP contribution >= 0.6 is 11.6 Å². The van der Waals surface area contributed by atoms with Crippen LogP contribution in [0.15, 0.2) is 0 Å². The van der Waals surface area contributed by atoms with Gasteiger partial charge in [0.25, 0.3) is 0 Å². The van der Waals surface area contributed by atoms with E-state index in [9.17, 15) is 4.79 Å². The van der Waals surface area contributed by atoms with E-state index in [1.807, 2.05) is 14.0 Å². The fourth-order valence-electron chi connectivity index (χ4n) is 1.73. The predicted molar refractivity (Wildman–Crippen MR) is 70.9 cm³/mol. The standard InChI is InChI=1S/C13H26ClNO/c1-4-5-6-7-8-9-10-13(16)15(3)11-12(2)14/h12H,4-11H2,1-3H3. The van der Waals surface area contributed by atoms with Gasteiger partial charge in [-0.15, -0.1) is 11.6 Å². The third-order valence-electron chi connectivity index (χ3n) is 2.70. The highest BCUT2D eigenvalue weighted by molar-refractivity contribution is 6.20. The zero-order valence-corrected chi connectivity index (χ0v) is 11.7. The van der Waals surface area contributed by atoms with E-state index < -0.39 is 0 Å². The smallest absolute Gasteiger partial charge is 0.222 e. The highest BCUT2D eigenvalue weighted by Gasteiger charge is 2.09. The molecule has 1 amide bonds. The molecule has 0 aliphatic carbocycles. The molecule has 0 N–H and O–H groups in total. The maximum Gasteiger partial charge on any atom is 0.222 e. The topological polar surface area (TPSA) is 20.3 Å². The van der Waals surface area contributed by atoms with E-state index in [1.54, 1.807) is 4.90 Å². The molecule has 0 aliphatic rings. The molecule has 2 nitrogen and oxygen atoms in total. The van der Waals surface area contributed by atoms with E-state index in [2.05, 4.69) is 6.92 Å². The maximum absolute atomic E-state index is 11.6. The molecule has 0 aromatic heterocycles. The van der Waals surface area contributed by atoms with Gasteiger partial charge in [-0.05, 0) is 13.3 Å². The van der Waals surface area contributed by atoms with Gasteiger partial charge in [0.1, 0.15) is 0 Å². The van der Waals surface area contributed by atoms with Gasteiger partial charge in [-0.1, -0.05) is 39.0 Å². The molecule has 3 heteroatoms. The minimum atomic E-state index is 0.0403. The molecule has 1 unspecified atom stereocenters. The number of hydrogen-bond acceptors (Lipinski definition) is 1. The highest BCUT2D eigenvalue weighted by atomic mass is 35.5. The first-order valence-electron chi connectivity index (χ1n) is 6.46. The van der Waals surface area contributed by atoms with Gasteiger partial charge in [0, 0.05) is 25.4 Å². The maximum atomic E-state index is 11.6. The van der Waals surface area contributed by atoms with Crippen LogP contribution in [0.4, 0.5) is 0 Å². The van der Waals surface area contributed by atoms with E-state index in [1.165, 1.54) is 32.1 Å². The van der Waals surface area contributed by atoms with E-state index in [-0.39, 0.29) is 11.3 Å². The molecule has 0 saturated heterocycles. The third kappa shape index (κ3) is 9.02. The zero-order chi connectivity index (χ0) is 12.4. The summed E-state index contributed by atoms with van der Waals surface area (Å²) in [7, 11) is 1.83. The Labute approximate surface area is 105 Å². The van der Waals surface area contributed by atoms with Crippen LogP contribution in [0, 0.1) is 0 Å². The quantitative estimate of drug-likeness (QED) is 0.448. The van der Waals surface area contributed by atoms with Crippen molar-refractivity contribution >= 4 is 17.5 Å². The van der Waals surface area contributed by atoms with E-state index >= 15 is 0 Å². The van der Waals surface area contributed by atoms with Crippen LogP contribution < -0.4 is 0 Å². The average Bonchev–Trinajstić information content (AvgIpc) is 2.21. The lowest BCUT2D eigenvalue weighted by Crippen LogP contribution is -2.31. The van der Waals surface area contributed by atoms with Gasteiger partial charge in [0.2, 0.25) is 5.91 Å². The summed E-state index contributed by atoms with van der Waals surface area (Å²) < 4.78 is 0. The summed E-state index contributed by atoms with van der Waals surface area (Å²) in [5.41, 5.74) is 0. The summed E-state index contributed by atoms with van der Waals surface area (Å²) in [6.07, 6.45) is 8.02. The Bertz CT molecular complexity index is 183. The normalized spacial score (nSPS) is 12.5. The van der Waals surface area contributed by atoms with Crippen LogP contribution in [0.5, 0.6) is 0 Å². The molecule has 0 spiro atoms. The lowest BCUT2D eigenvalue weighted by Gasteiger charge is -2.18. The van der Waals surface area contributed by atoms with Gasteiger partial charge in [-0.2, -0.15) is 0 Å². The van der Waals surface area contributed by atoms with Gasteiger partial charge >= 0.3 is 0 Å². The van der Waals surface area contributed by atoms with Crippen molar-refractivity contribution in [3.63, 3.8) is 0 Å². The van der Waals surface area contributed by atoms with Crippen molar-refractivity contribution in [3.05, 3.63) is 0 Å². The van der Waals surface area contributed by atoms with Crippen LogP contribution in [-0.2, 0) is 4.79 Å². The number of hydrogen-bond donors (Lipinski definition) is 0. The van der Waals surface area contributed by atoms with E-state index in [0.717, 1.165) is 6.42 Å². The number of alkyl halides is 1. The van der Waals surface area contributed by atoms with Crippen LogP contribution in [0.3, 0.4) is 0 Å². The summed E-state index contributed by atoms with van der Waals surface area (Å²) in [6.45, 7) is 4.78. The first kappa shape index (κ1) is 15.8. The number of rotatable bonds is 9. The SMILES string of the molecule is CCCCCCCCC(=O)N(C)CC(C)Cl. The predicted octanol–water partition coefficient (Wildman–Crippen LogP) is 3.82. The Balaban J connectivity index is 3.42. The van der Waals surface area contributed by atoms with Crippen LogP contribution in [0.1, 0.15) is 58.8 Å². The van der Waals surface area contributed by atoms with Gasteiger partial charge in [-0.3, -0.25) is 4.79 Å². The summed E-state index contributed by atoms with van der Waals surface area (Å²) in [6, 6.07) is 0. The Morgan fingerprint density at radius 2 is 1.75 bits per heavy atom. The molecule has 1 atom stereocenters. The minimum Gasteiger partial charge on any atom is -0.344 e. The molecular weight excluding hydrogens is 222 g/mol. The number of nitrogens with zero attached hydrogens (tertiary/aromatic N) is 1. The lowest BCUT2D eigenvalue weighted by atomic mass is 10.1. The second-order valence-corrected chi connectivity index (χ2v) is 5.32. The van der Waals surface area contributed by atoms with Gasteiger partial charge < -0.3 is 4.90 Å². The molecular formula is C13H26ClNO. The molecule has 0 radical (unpaired) electrons. The van der Waals surface area contributed by atoms with Crippen molar-refractivity contribution in [1.29, 1.82) is 0 Å². The molecule has 0 aromatic carbocycles. The first-order chi connectivity index (χ1) is 7.57. The van der Waals surface area contributed by atoms with Gasteiger partial charge in [0.15, 0.2) is 0 Å². The fourth-order valence-corrected chi connectivity index (χ4v) is 1.93.